The molecule has 0 unspecified atom stereocenters. The fraction of sp³-hybridized carbons (Fsp3) is 0.400. The molecular weight excluding hydrogens is 402 g/mol. The van der Waals surface area contributed by atoms with Crippen LogP contribution in [0.1, 0.15) is 42.1 Å². The van der Waals surface area contributed by atoms with Crippen molar-refractivity contribution < 1.29 is 9.53 Å². The average molecular weight is 432 g/mol. The molecule has 166 valence electrons. The first-order valence-corrected chi connectivity index (χ1v) is 11.4. The predicted octanol–water partition coefficient (Wildman–Crippen LogP) is 3.62. The summed E-state index contributed by atoms with van der Waals surface area (Å²) in [4.78, 5) is 14.0. The van der Waals surface area contributed by atoms with Gasteiger partial charge >= 0.3 is 0 Å². The average Bonchev–Trinajstić information content (AvgIpc) is 3.54. The van der Waals surface area contributed by atoms with Gasteiger partial charge in [0.15, 0.2) is 6.61 Å². The Kier molecular flexibility index (Phi) is 6.05. The Morgan fingerprint density at radius 3 is 2.81 bits per heavy atom. The lowest BCUT2D eigenvalue weighted by Crippen LogP contribution is -2.32. The van der Waals surface area contributed by atoms with E-state index in [-0.39, 0.29) is 12.5 Å². The van der Waals surface area contributed by atoms with Gasteiger partial charge in [0, 0.05) is 44.2 Å². The second kappa shape index (κ2) is 9.42. The molecule has 7 heteroatoms. The number of anilines is 1. The zero-order valence-electron chi connectivity index (χ0n) is 18.2. The third kappa shape index (κ3) is 4.77. The molecule has 1 N–H and O–H groups in total. The number of nitrogens with zero attached hydrogens (tertiary/aromatic N) is 4. The zero-order chi connectivity index (χ0) is 21.8. The maximum absolute atomic E-state index is 12.1. The minimum atomic E-state index is 0.0756. The number of carbonyl (C=O) groups is 1. The van der Waals surface area contributed by atoms with Gasteiger partial charge in [-0.3, -0.25) is 4.79 Å². The van der Waals surface area contributed by atoms with E-state index in [1.54, 1.807) is 0 Å². The predicted molar refractivity (Wildman–Crippen MR) is 123 cm³/mol. The van der Waals surface area contributed by atoms with Crippen molar-refractivity contribution in [3.8, 4) is 5.75 Å². The second-order valence-corrected chi connectivity index (χ2v) is 8.63. The van der Waals surface area contributed by atoms with E-state index in [4.69, 9.17) is 4.74 Å². The summed E-state index contributed by atoms with van der Waals surface area (Å²) in [5.74, 6) is 2.38. The molecule has 1 aromatic heterocycles. The lowest BCUT2D eigenvalue weighted by Gasteiger charge is -2.24. The number of fused-ring (bicyclic) bond motifs is 1. The SMILES string of the molecule is O=C(COc1ccc(CNc2cccc([C@H]3CCc4nncn4C3)c2)cc1)N1CCCC1. The molecule has 3 heterocycles. The highest BCUT2D eigenvalue weighted by atomic mass is 16.5. The third-order valence-electron chi connectivity index (χ3n) is 6.43. The molecule has 32 heavy (non-hydrogen) atoms. The molecule has 2 aliphatic rings. The van der Waals surface area contributed by atoms with Crippen molar-refractivity contribution in [2.45, 2.75) is 44.7 Å². The third-order valence-corrected chi connectivity index (χ3v) is 6.43. The molecule has 0 bridgehead atoms. The van der Waals surface area contributed by atoms with Crippen molar-refractivity contribution in [1.29, 1.82) is 0 Å². The topological polar surface area (TPSA) is 72.3 Å². The van der Waals surface area contributed by atoms with E-state index in [0.29, 0.717) is 5.92 Å². The first-order valence-electron chi connectivity index (χ1n) is 11.4. The van der Waals surface area contributed by atoms with Crippen LogP contribution >= 0.6 is 0 Å². The number of hydrogen-bond acceptors (Lipinski definition) is 5. The standard InChI is InChI=1S/C25H29N5O2/c31-25(29-12-1-2-13-29)17-32-23-9-6-19(7-10-23)15-26-22-5-3-4-20(14-22)21-8-11-24-28-27-18-30(24)16-21/h3-7,9-10,14,18,21,26H,1-2,8,11-13,15-17H2/t21-/m0/s1. The van der Waals surface area contributed by atoms with Crippen molar-refractivity contribution in [3.05, 3.63) is 71.8 Å². The summed E-state index contributed by atoms with van der Waals surface area (Å²) in [6.07, 6.45) is 6.10. The van der Waals surface area contributed by atoms with Gasteiger partial charge in [-0.1, -0.05) is 24.3 Å². The maximum Gasteiger partial charge on any atom is 0.260 e. The van der Waals surface area contributed by atoms with Gasteiger partial charge in [0.05, 0.1) is 0 Å². The molecule has 1 fully saturated rings. The lowest BCUT2D eigenvalue weighted by atomic mass is 9.91. The van der Waals surface area contributed by atoms with Gasteiger partial charge in [-0.15, -0.1) is 10.2 Å². The molecule has 1 amide bonds. The van der Waals surface area contributed by atoms with E-state index in [0.717, 1.165) is 69.1 Å². The zero-order valence-corrected chi connectivity index (χ0v) is 18.2. The number of likely N-dealkylation sites (tertiary alicyclic amines) is 1. The van der Waals surface area contributed by atoms with E-state index >= 15 is 0 Å². The minimum Gasteiger partial charge on any atom is -0.484 e. The number of aryl methyl sites for hydroxylation is 1. The molecule has 1 atom stereocenters. The normalized spacial score (nSPS) is 17.8. The Labute approximate surface area is 188 Å². The van der Waals surface area contributed by atoms with Crippen molar-refractivity contribution >= 4 is 11.6 Å². The van der Waals surface area contributed by atoms with Crippen molar-refractivity contribution in [3.63, 3.8) is 0 Å². The largest absolute Gasteiger partial charge is 0.484 e. The van der Waals surface area contributed by atoms with Crippen LogP contribution in [0, 0.1) is 0 Å². The Balaban J connectivity index is 1.13. The van der Waals surface area contributed by atoms with E-state index in [9.17, 15) is 4.79 Å². The minimum absolute atomic E-state index is 0.0756. The monoisotopic (exact) mass is 431 g/mol. The summed E-state index contributed by atoms with van der Waals surface area (Å²) >= 11 is 0. The van der Waals surface area contributed by atoms with Crippen LogP contribution in [-0.2, 0) is 24.3 Å². The Morgan fingerprint density at radius 1 is 1.12 bits per heavy atom. The molecule has 0 spiro atoms. The van der Waals surface area contributed by atoms with Crippen LogP contribution < -0.4 is 10.1 Å². The van der Waals surface area contributed by atoms with Gasteiger partial charge in [-0.25, -0.2) is 0 Å². The van der Waals surface area contributed by atoms with Gasteiger partial charge in [0.25, 0.3) is 5.91 Å². The molecule has 2 aliphatic heterocycles. The Hall–Kier alpha value is -3.35. The fourth-order valence-electron chi connectivity index (χ4n) is 4.54. The summed E-state index contributed by atoms with van der Waals surface area (Å²) in [6, 6.07) is 16.6. The van der Waals surface area contributed by atoms with Gasteiger partial charge in [0.1, 0.15) is 17.9 Å². The van der Waals surface area contributed by atoms with E-state index < -0.39 is 0 Å². The van der Waals surface area contributed by atoms with Crippen LogP contribution in [0.5, 0.6) is 5.75 Å². The molecule has 0 saturated carbocycles. The molecule has 5 rings (SSSR count). The molecular formula is C25H29N5O2. The Morgan fingerprint density at radius 2 is 1.97 bits per heavy atom. The van der Waals surface area contributed by atoms with Crippen LogP contribution in [0.4, 0.5) is 5.69 Å². The van der Waals surface area contributed by atoms with Crippen LogP contribution in [0.3, 0.4) is 0 Å². The van der Waals surface area contributed by atoms with Crippen molar-refractivity contribution in [1.82, 2.24) is 19.7 Å². The number of hydrogen-bond donors (Lipinski definition) is 1. The number of carbonyl (C=O) groups excluding carboxylic acids is 1. The number of amides is 1. The highest BCUT2D eigenvalue weighted by Crippen LogP contribution is 2.29. The summed E-state index contributed by atoms with van der Waals surface area (Å²) in [5, 5.41) is 11.7. The highest BCUT2D eigenvalue weighted by molar-refractivity contribution is 5.78. The Bertz CT molecular complexity index is 1060. The molecule has 0 radical (unpaired) electrons. The van der Waals surface area contributed by atoms with Gasteiger partial charge in [0.2, 0.25) is 0 Å². The molecule has 3 aromatic rings. The summed E-state index contributed by atoms with van der Waals surface area (Å²) < 4.78 is 7.84. The van der Waals surface area contributed by atoms with E-state index in [2.05, 4.69) is 44.3 Å². The summed E-state index contributed by atoms with van der Waals surface area (Å²) in [7, 11) is 0. The highest BCUT2D eigenvalue weighted by Gasteiger charge is 2.21. The molecule has 0 aliphatic carbocycles. The molecule has 2 aromatic carbocycles. The van der Waals surface area contributed by atoms with Crippen molar-refractivity contribution in [2.75, 3.05) is 25.0 Å². The van der Waals surface area contributed by atoms with E-state index in [1.807, 2.05) is 35.5 Å². The fourth-order valence-corrected chi connectivity index (χ4v) is 4.54. The van der Waals surface area contributed by atoms with Gasteiger partial charge < -0.3 is 19.5 Å². The van der Waals surface area contributed by atoms with Crippen LogP contribution in [-0.4, -0.2) is 45.3 Å². The molecule has 1 saturated heterocycles. The first kappa shape index (κ1) is 20.5. The number of rotatable bonds is 7. The molecule has 7 nitrogen and oxygen atoms in total. The quantitative estimate of drug-likeness (QED) is 0.619. The lowest BCUT2D eigenvalue weighted by molar-refractivity contribution is -0.132. The summed E-state index contributed by atoms with van der Waals surface area (Å²) in [6.45, 7) is 3.50. The van der Waals surface area contributed by atoms with Crippen LogP contribution in [0.2, 0.25) is 0 Å². The van der Waals surface area contributed by atoms with Gasteiger partial charge in [-0.2, -0.15) is 0 Å². The summed E-state index contributed by atoms with van der Waals surface area (Å²) in [5.41, 5.74) is 3.63. The number of aromatic nitrogens is 3. The number of ether oxygens (including phenoxy) is 1. The second-order valence-electron chi connectivity index (χ2n) is 8.63. The number of nitrogens with one attached hydrogen (secondary N) is 1. The smallest absolute Gasteiger partial charge is 0.260 e. The van der Waals surface area contributed by atoms with Gasteiger partial charge in [-0.05, 0) is 54.7 Å². The number of benzene rings is 2. The van der Waals surface area contributed by atoms with E-state index in [1.165, 1.54) is 11.1 Å². The van der Waals surface area contributed by atoms with Crippen molar-refractivity contribution in [2.24, 2.45) is 0 Å². The first-order chi connectivity index (χ1) is 15.7. The van der Waals surface area contributed by atoms with Crippen LogP contribution in [0.25, 0.3) is 0 Å². The maximum atomic E-state index is 12.1. The van der Waals surface area contributed by atoms with Crippen LogP contribution in [0.15, 0.2) is 54.9 Å².